The molecular weight excluding hydrogens is 833 g/mol. The molecule has 0 aliphatic heterocycles. The standard InChI is InChI=1S/C67H50N2/c1-7-15-54-60-46(6)58(68(49-30-22-42(2)23-31-49)50-32-24-43(3)25-33-50)40-38-56(60)66-62(48-18-12-9-13-19-48)65-55-21-14-20-53-59(69(51-34-26-44(4)27-35-51)52-36-28-45(5)29-37-52)41-39-57(63(53)55)67(65)61(64(54)66)47-16-10-8-11-17-47/h1,8-41H,2-6H3/b54-15+. The van der Waals surface area contributed by atoms with Crippen molar-refractivity contribution in [3.8, 4) is 34.6 Å². The molecule has 12 aromatic carbocycles. The second kappa shape index (κ2) is 16.6. The molecule has 12 rings (SSSR count). The van der Waals surface area contributed by atoms with Gasteiger partial charge < -0.3 is 9.80 Å². The number of rotatable bonds is 8. The highest BCUT2D eigenvalue weighted by atomic mass is 15.1. The molecule has 0 spiro atoms. The highest BCUT2D eigenvalue weighted by Crippen LogP contribution is 2.55. The molecule has 2 heteroatoms. The molecule has 0 unspecified atom stereocenters. The average Bonchev–Trinajstić information content (AvgIpc) is 3.88. The van der Waals surface area contributed by atoms with Crippen LogP contribution in [-0.4, -0.2) is 0 Å². The van der Waals surface area contributed by atoms with E-state index >= 15 is 0 Å². The summed E-state index contributed by atoms with van der Waals surface area (Å²) in [6.45, 7) is 10.9. The maximum Gasteiger partial charge on any atom is 0.0540 e. The second-order valence-corrected chi connectivity index (χ2v) is 18.7. The minimum atomic E-state index is 1.07. The molecule has 69 heavy (non-hydrogen) atoms. The number of terminal acetylenes is 1. The Morgan fingerprint density at radius 2 is 0.710 bits per heavy atom. The second-order valence-electron chi connectivity index (χ2n) is 18.7. The van der Waals surface area contributed by atoms with Crippen molar-refractivity contribution in [2.45, 2.75) is 34.6 Å². The van der Waals surface area contributed by atoms with Gasteiger partial charge in [-0.3, -0.25) is 0 Å². The van der Waals surface area contributed by atoms with E-state index in [9.17, 15) is 0 Å². The fourth-order valence-corrected chi connectivity index (χ4v) is 11.1. The highest BCUT2D eigenvalue weighted by molar-refractivity contribution is 6.43. The summed E-state index contributed by atoms with van der Waals surface area (Å²) in [7, 11) is 0. The Hall–Kier alpha value is -8.64. The molecule has 0 aromatic heterocycles. The minimum absolute atomic E-state index is 1.07. The van der Waals surface area contributed by atoms with Gasteiger partial charge in [0, 0.05) is 33.8 Å². The monoisotopic (exact) mass is 882 g/mol. The minimum Gasteiger partial charge on any atom is -0.310 e. The van der Waals surface area contributed by atoms with Gasteiger partial charge in [0.15, 0.2) is 0 Å². The molecule has 0 bridgehead atoms. The van der Waals surface area contributed by atoms with Gasteiger partial charge in [0.2, 0.25) is 0 Å². The quantitative estimate of drug-likeness (QED) is 0.140. The molecule has 0 saturated heterocycles. The van der Waals surface area contributed by atoms with Crippen molar-refractivity contribution in [3.05, 3.63) is 233 Å². The van der Waals surface area contributed by atoms with Gasteiger partial charge in [-0.1, -0.05) is 168 Å². The van der Waals surface area contributed by atoms with Gasteiger partial charge in [-0.05, 0) is 183 Å². The van der Waals surface area contributed by atoms with E-state index in [4.69, 9.17) is 6.42 Å². The highest BCUT2D eigenvalue weighted by Gasteiger charge is 2.29. The fraction of sp³-hybridized carbons (Fsp3) is 0.0746. The molecule has 0 saturated carbocycles. The Bertz CT molecular complexity index is 3920. The van der Waals surface area contributed by atoms with E-state index in [0.29, 0.717) is 0 Å². The normalized spacial score (nSPS) is 11.9. The van der Waals surface area contributed by atoms with Crippen LogP contribution >= 0.6 is 0 Å². The van der Waals surface area contributed by atoms with Crippen molar-refractivity contribution in [1.29, 1.82) is 0 Å². The number of hydrogen-bond acceptors (Lipinski definition) is 2. The zero-order valence-corrected chi connectivity index (χ0v) is 39.6. The molecular formula is C67H50N2. The van der Waals surface area contributed by atoms with Gasteiger partial charge in [0.1, 0.15) is 0 Å². The molecule has 0 amide bonds. The first kappa shape index (κ1) is 41.8. The van der Waals surface area contributed by atoms with Crippen LogP contribution in [0.2, 0.25) is 0 Å². The molecule has 0 heterocycles. The lowest BCUT2D eigenvalue weighted by atomic mass is 9.87. The van der Waals surface area contributed by atoms with Gasteiger partial charge >= 0.3 is 0 Å². The third kappa shape index (κ3) is 6.73. The molecule has 0 N–H and O–H groups in total. The van der Waals surface area contributed by atoms with E-state index in [0.717, 1.165) is 44.9 Å². The van der Waals surface area contributed by atoms with Crippen molar-refractivity contribution in [2.24, 2.45) is 0 Å². The van der Waals surface area contributed by atoms with Crippen LogP contribution in [-0.2, 0) is 0 Å². The summed E-state index contributed by atoms with van der Waals surface area (Å²) < 4.78 is 0. The molecule has 0 atom stereocenters. The van der Waals surface area contributed by atoms with E-state index in [1.165, 1.54) is 98.4 Å². The van der Waals surface area contributed by atoms with Crippen molar-refractivity contribution < 1.29 is 0 Å². The fourth-order valence-electron chi connectivity index (χ4n) is 11.1. The van der Waals surface area contributed by atoms with Gasteiger partial charge in [-0.2, -0.15) is 0 Å². The van der Waals surface area contributed by atoms with Crippen molar-refractivity contribution in [1.82, 2.24) is 0 Å². The molecule has 0 aliphatic rings. The zero-order chi connectivity index (χ0) is 46.9. The molecule has 328 valence electrons. The van der Waals surface area contributed by atoms with Crippen LogP contribution in [0.15, 0.2) is 200 Å². The number of nitrogens with zero attached hydrogens (tertiary/aromatic N) is 2. The van der Waals surface area contributed by atoms with Crippen LogP contribution in [0.4, 0.5) is 34.1 Å². The van der Waals surface area contributed by atoms with Gasteiger partial charge in [0.25, 0.3) is 0 Å². The molecule has 0 aliphatic carbocycles. The number of fused-ring (bicyclic) bond motifs is 6. The van der Waals surface area contributed by atoms with E-state index in [2.05, 4.69) is 251 Å². The van der Waals surface area contributed by atoms with Crippen LogP contribution in [0.3, 0.4) is 0 Å². The van der Waals surface area contributed by atoms with Gasteiger partial charge in [-0.25, -0.2) is 0 Å². The summed E-state index contributed by atoms with van der Waals surface area (Å²) in [5.41, 5.74) is 17.5. The van der Waals surface area contributed by atoms with Crippen molar-refractivity contribution >= 4 is 94.1 Å². The van der Waals surface area contributed by atoms with Gasteiger partial charge in [-0.15, -0.1) is 6.42 Å². The van der Waals surface area contributed by atoms with Gasteiger partial charge in [0.05, 0.1) is 5.69 Å². The molecule has 0 radical (unpaired) electrons. The topological polar surface area (TPSA) is 6.48 Å². The molecule has 12 aromatic rings. The largest absolute Gasteiger partial charge is 0.310 e. The first-order valence-corrected chi connectivity index (χ1v) is 23.9. The lowest BCUT2D eigenvalue weighted by Crippen LogP contribution is -2.12. The summed E-state index contributed by atoms with van der Waals surface area (Å²) in [6, 6.07) is 73.8. The molecule has 2 nitrogen and oxygen atoms in total. The number of anilines is 6. The summed E-state index contributed by atoms with van der Waals surface area (Å²) in [6.07, 6.45) is 8.51. The van der Waals surface area contributed by atoms with Crippen LogP contribution < -0.4 is 15.0 Å². The Morgan fingerprint density at radius 1 is 0.333 bits per heavy atom. The van der Waals surface area contributed by atoms with E-state index in [-0.39, 0.29) is 0 Å². The number of hydrogen-bond donors (Lipinski definition) is 0. The maximum atomic E-state index is 6.48. The lowest BCUT2D eigenvalue weighted by molar-refractivity contribution is 1.25. The van der Waals surface area contributed by atoms with Crippen LogP contribution in [0, 0.1) is 47.0 Å². The summed E-state index contributed by atoms with van der Waals surface area (Å²) in [5.74, 6) is 3.06. The zero-order valence-electron chi connectivity index (χ0n) is 39.6. The summed E-state index contributed by atoms with van der Waals surface area (Å²) in [5, 5.41) is 13.2. The average molecular weight is 883 g/mol. The summed E-state index contributed by atoms with van der Waals surface area (Å²) >= 11 is 0. The Kier molecular flexibility index (Phi) is 10.0. The first-order chi connectivity index (χ1) is 33.8. The number of benzene rings is 10. The van der Waals surface area contributed by atoms with Crippen molar-refractivity contribution in [2.75, 3.05) is 9.80 Å². The maximum absolute atomic E-state index is 6.48. The summed E-state index contributed by atoms with van der Waals surface area (Å²) in [4.78, 5) is 4.81. The predicted molar refractivity (Wildman–Crippen MR) is 298 cm³/mol. The SMILES string of the molecule is C#C/C=c1\c2c(C)c(N(c3ccc(C)cc3)c3ccc(C)cc3)ccc2c2c(-c3ccccc3)c3c4cccc5c(N(c6ccc(C)cc6)c6ccc(C)cc6)ccc(c3c(-c3ccccc3)c12)c54. The van der Waals surface area contributed by atoms with Crippen LogP contribution in [0.1, 0.15) is 27.8 Å². The third-order valence-electron chi connectivity index (χ3n) is 14.3. The Morgan fingerprint density at radius 3 is 1.17 bits per heavy atom. The number of aryl methyl sites for hydroxylation is 5. The third-order valence-corrected chi connectivity index (χ3v) is 14.3. The van der Waals surface area contributed by atoms with Crippen LogP contribution in [0.25, 0.3) is 82.2 Å². The van der Waals surface area contributed by atoms with E-state index < -0.39 is 0 Å². The van der Waals surface area contributed by atoms with E-state index in [1.807, 2.05) is 6.08 Å². The lowest BCUT2D eigenvalue weighted by Gasteiger charge is -2.27. The van der Waals surface area contributed by atoms with Crippen molar-refractivity contribution in [3.63, 3.8) is 0 Å². The van der Waals surface area contributed by atoms with E-state index in [1.54, 1.807) is 0 Å². The molecule has 0 fully saturated rings. The predicted octanol–water partition coefficient (Wildman–Crippen LogP) is 17.8. The van der Waals surface area contributed by atoms with Crippen LogP contribution in [0.5, 0.6) is 0 Å². The Balaban J connectivity index is 1.26. The smallest absolute Gasteiger partial charge is 0.0540 e. The first-order valence-electron chi connectivity index (χ1n) is 23.9. The Labute approximate surface area is 404 Å².